The Morgan fingerprint density at radius 3 is 2.50 bits per heavy atom. The molecule has 0 spiro atoms. The average molecular weight is 434 g/mol. The molecule has 4 rings (SSSR count). The van der Waals surface area contributed by atoms with Gasteiger partial charge >= 0.3 is 0 Å². The van der Waals surface area contributed by atoms with E-state index in [2.05, 4.69) is 36.5 Å². The predicted molar refractivity (Wildman–Crippen MR) is 116 cm³/mol. The molecule has 6 nitrogen and oxygen atoms in total. The molecule has 0 aliphatic rings. The number of hydrogen-bond donors (Lipinski definition) is 3. The molecule has 0 unspecified atom stereocenters. The zero-order chi connectivity index (χ0) is 19.5. The number of carbonyl (C=O) groups is 1. The third-order valence-electron chi connectivity index (χ3n) is 4.22. The first-order chi connectivity index (χ1) is 13.6. The van der Waals surface area contributed by atoms with Crippen LogP contribution in [0.25, 0.3) is 22.0 Å². The zero-order valence-corrected chi connectivity index (χ0v) is 16.3. The molecule has 0 aliphatic carbocycles. The Kier molecular flexibility index (Phi) is 4.90. The number of halogens is 1. The quantitative estimate of drug-likeness (QED) is 0.387. The summed E-state index contributed by atoms with van der Waals surface area (Å²) in [4.78, 5) is 19.4. The summed E-state index contributed by atoms with van der Waals surface area (Å²) < 4.78 is 0.962. The summed E-state index contributed by atoms with van der Waals surface area (Å²) in [5.74, 6) is 0.833. The van der Waals surface area contributed by atoms with Crippen LogP contribution in [0.1, 0.15) is 0 Å². The number of hydrogen-bond acceptors (Lipinski definition) is 5. The maximum absolute atomic E-state index is 10.7. The van der Waals surface area contributed by atoms with Gasteiger partial charge in [-0.15, -0.1) is 0 Å². The molecular formula is C21H16BrN5O. The number of fused-ring (bicyclic) bond motifs is 1. The first-order valence-corrected chi connectivity index (χ1v) is 9.32. The Balaban J connectivity index is 1.80. The fourth-order valence-electron chi connectivity index (χ4n) is 2.98. The van der Waals surface area contributed by atoms with Crippen LogP contribution in [0.15, 0.2) is 71.2 Å². The second-order valence-corrected chi connectivity index (χ2v) is 7.06. The summed E-state index contributed by atoms with van der Waals surface area (Å²) in [7, 11) is 0. The molecule has 0 saturated heterocycles. The fraction of sp³-hybridized carbons (Fsp3) is 0. The first kappa shape index (κ1) is 17.9. The summed E-state index contributed by atoms with van der Waals surface area (Å²) in [6, 6.07) is 21.3. The number of rotatable bonds is 5. The number of nitrogen functional groups attached to an aromatic ring is 1. The van der Waals surface area contributed by atoms with Crippen molar-refractivity contribution in [1.82, 2.24) is 9.97 Å². The number of nitrogens with zero attached hydrogens (tertiary/aromatic N) is 2. The van der Waals surface area contributed by atoms with E-state index in [-0.39, 0.29) is 5.95 Å². The van der Waals surface area contributed by atoms with Crippen molar-refractivity contribution in [2.75, 3.05) is 16.4 Å². The Morgan fingerprint density at radius 1 is 0.893 bits per heavy atom. The number of aromatic nitrogens is 2. The lowest BCUT2D eigenvalue weighted by atomic mass is 10.0. The maximum atomic E-state index is 10.7. The van der Waals surface area contributed by atoms with Gasteiger partial charge in [0.2, 0.25) is 12.4 Å². The number of nitrogens with two attached hydrogens (primary N) is 1. The van der Waals surface area contributed by atoms with Gasteiger partial charge in [-0.2, -0.15) is 4.98 Å². The van der Waals surface area contributed by atoms with E-state index < -0.39 is 0 Å². The molecule has 0 atom stereocenters. The highest BCUT2D eigenvalue weighted by molar-refractivity contribution is 9.10. The van der Waals surface area contributed by atoms with Crippen molar-refractivity contribution in [2.24, 2.45) is 0 Å². The summed E-state index contributed by atoms with van der Waals surface area (Å²) in [5.41, 5.74) is 10.2. The van der Waals surface area contributed by atoms with Crippen molar-refractivity contribution in [1.29, 1.82) is 0 Å². The van der Waals surface area contributed by atoms with Crippen molar-refractivity contribution in [2.45, 2.75) is 0 Å². The van der Waals surface area contributed by atoms with Crippen molar-refractivity contribution >= 4 is 56.4 Å². The van der Waals surface area contributed by atoms with Gasteiger partial charge in [-0.1, -0.05) is 40.2 Å². The second-order valence-electron chi connectivity index (χ2n) is 6.14. The van der Waals surface area contributed by atoms with Gasteiger partial charge in [0.1, 0.15) is 5.82 Å². The first-order valence-electron chi connectivity index (χ1n) is 8.53. The van der Waals surface area contributed by atoms with Gasteiger partial charge in [0.05, 0.1) is 5.52 Å². The van der Waals surface area contributed by atoms with Crippen LogP contribution in [0.4, 0.5) is 23.1 Å². The Bertz CT molecular complexity index is 1180. The van der Waals surface area contributed by atoms with Crippen LogP contribution in [0.3, 0.4) is 0 Å². The van der Waals surface area contributed by atoms with Crippen molar-refractivity contribution in [3.8, 4) is 11.1 Å². The molecule has 4 N–H and O–H groups in total. The van der Waals surface area contributed by atoms with E-state index in [9.17, 15) is 4.79 Å². The van der Waals surface area contributed by atoms with Gasteiger partial charge in [-0.05, 0) is 53.6 Å². The van der Waals surface area contributed by atoms with Crippen LogP contribution in [-0.4, -0.2) is 16.4 Å². The number of anilines is 4. The lowest BCUT2D eigenvalue weighted by Crippen LogP contribution is -2.01. The standard InChI is InChI=1S/C21H16BrN5O/c22-15-4-2-6-17(11-15)25-20-18-10-14(7-8-19(18)26-21(23)27-20)13-3-1-5-16(9-13)24-12-28/h1-12H,(H,24,28)(H3,23,25,26,27). The van der Waals surface area contributed by atoms with Gasteiger partial charge in [-0.25, -0.2) is 4.98 Å². The number of amides is 1. The minimum Gasteiger partial charge on any atom is -0.368 e. The average Bonchev–Trinajstić information content (AvgIpc) is 2.68. The van der Waals surface area contributed by atoms with Gasteiger partial charge < -0.3 is 16.4 Å². The third kappa shape index (κ3) is 3.79. The fourth-order valence-corrected chi connectivity index (χ4v) is 3.38. The lowest BCUT2D eigenvalue weighted by Gasteiger charge is -2.12. The van der Waals surface area contributed by atoms with E-state index in [4.69, 9.17) is 5.73 Å². The highest BCUT2D eigenvalue weighted by Crippen LogP contribution is 2.31. The molecule has 7 heteroatoms. The number of benzene rings is 3. The van der Waals surface area contributed by atoms with Gasteiger partial charge in [0.25, 0.3) is 0 Å². The maximum Gasteiger partial charge on any atom is 0.222 e. The highest BCUT2D eigenvalue weighted by atomic mass is 79.9. The molecule has 1 heterocycles. The van der Waals surface area contributed by atoms with Crippen LogP contribution >= 0.6 is 15.9 Å². The molecule has 0 radical (unpaired) electrons. The van der Waals surface area contributed by atoms with Crippen LogP contribution in [0.2, 0.25) is 0 Å². The minimum atomic E-state index is 0.204. The normalized spacial score (nSPS) is 10.6. The van der Waals surface area contributed by atoms with Crippen molar-refractivity contribution in [3.05, 3.63) is 71.2 Å². The Morgan fingerprint density at radius 2 is 1.68 bits per heavy atom. The van der Waals surface area contributed by atoms with Crippen LogP contribution in [-0.2, 0) is 4.79 Å². The summed E-state index contributed by atoms with van der Waals surface area (Å²) in [5, 5.41) is 6.84. The molecule has 0 fully saturated rings. The minimum absolute atomic E-state index is 0.204. The van der Waals surface area contributed by atoms with Crippen LogP contribution in [0.5, 0.6) is 0 Å². The summed E-state index contributed by atoms with van der Waals surface area (Å²) >= 11 is 3.47. The third-order valence-corrected chi connectivity index (χ3v) is 4.72. The van der Waals surface area contributed by atoms with Crippen LogP contribution in [0, 0.1) is 0 Å². The Labute approximate surface area is 170 Å². The molecule has 138 valence electrons. The molecule has 28 heavy (non-hydrogen) atoms. The van der Waals surface area contributed by atoms with E-state index in [1.54, 1.807) is 0 Å². The van der Waals surface area contributed by atoms with Crippen molar-refractivity contribution in [3.63, 3.8) is 0 Å². The van der Waals surface area contributed by atoms with Crippen molar-refractivity contribution < 1.29 is 4.79 Å². The van der Waals surface area contributed by atoms with Gasteiger partial charge in [-0.3, -0.25) is 4.79 Å². The molecule has 0 saturated carbocycles. The number of nitrogens with one attached hydrogen (secondary N) is 2. The second kappa shape index (κ2) is 7.66. The summed E-state index contributed by atoms with van der Waals surface area (Å²) in [6.45, 7) is 0. The van der Waals surface area contributed by atoms with E-state index >= 15 is 0 Å². The smallest absolute Gasteiger partial charge is 0.222 e. The van der Waals surface area contributed by atoms with Gasteiger partial charge in [0, 0.05) is 21.2 Å². The van der Waals surface area contributed by atoms with E-state index in [0.717, 1.165) is 37.9 Å². The molecule has 0 bridgehead atoms. The molecule has 3 aromatic carbocycles. The van der Waals surface area contributed by atoms with Crippen LogP contribution < -0.4 is 16.4 Å². The monoisotopic (exact) mass is 433 g/mol. The molecule has 0 aliphatic heterocycles. The molecule has 1 aromatic heterocycles. The Hall–Kier alpha value is -3.45. The molecule has 1 amide bonds. The highest BCUT2D eigenvalue weighted by Gasteiger charge is 2.09. The van der Waals surface area contributed by atoms with E-state index in [1.807, 2.05) is 66.7 Å². The molecular weight excluding hydrogens is 418 g/mol. The lowest BCUT2D eigenvalue weighted by molar-refractivity contribution is -0.105. The van der Waals surface area contributed by atoms with Gasteiger partial charge in [0.15, 0.2) is 0 Å². The van der Waals surface area contributed by atoms with E-state index in [0.29, 0.717) is 12.2 Å². The van der Waals surface area contributed by atoms with E-state index in [1.165, 1.54) is 0 Å². The number of carbonyl (C=O) groups excluding carboxylic acids is 1. The zero-order valence-electron chi connectivity index (χ0n) is 14.7. The molecule has 4 aromatic rings. The topological polar surface area (TPSA) is 92.9 Å². The summed E-state index contributed by atoms with van der Waals surface area (Å²) in [6.07, 6.45) is 0.663. The SMILES string of the molecule is Nc1nc(Nc2cccc(Br)c2)c2cc(-c3cccc(NC=O)c3)ccc2n1. The predicted octanol–water partition coefficient (Wildman–Crippen LogP) is 4.95. The largest absolute Gasteiger partial charge is 0.368 e.